The zero-order valence-electron chi connectivity index (χ0n) is 8.65. The van der Waals surface area contributed by atoms with E-state index in [1.165, 1.54) is 18.4 Å². The molecule has 1 aromatic rings. The molecule has 0 aliphatic carbocycles. The standard InChI is InChI=1S/C9H12N2O4S/c1-15-8(12)7-3-2-6(16-7)4-5-10-11-9(13)14/h2-3,10-11H,4-5H2,1H3,(H,13,14). The van der Waals surface area contributed by atoms with Crippen LogP contribution in [0.2, 0.25) is 0 Å². The van der Waals surface area contributed by atoms with Crippen LogP contribution in [-0.2, 0) is 11.2 Å². The normalized spacial score (nSPS) is 9.81. The smallest absolute Gasteiger partial charge is 0.419 e. The van der Waals surface area contributed by atoms with Gasteiger partial charge in [0.25, 0.3) is 0 Å². The minimum atomic E-state index is -1.12. The summed E-state index contributed by atoms with van der Waals surface area (Å²) in [7, 11) is 1.33. The van der Waals surface area contributed by atoms with Gasteiger partial charge >= 0.3 is 12.1 Å². The third-order valence-electron chi connectivity index (χ3n) is 1.74. The molecule has 1 heterocycles. The first-order valence-corrected chi connectivity index (χ1v) is 5.34. The summed E-state index contributed by atoms with van der Waals surface area (Å²) in [5.74, 6) is -0.354. The average molecular weight is 244 g/mol. The Balaban J connectivity index is 2.35. The number of amides is 1. The third-order valence-corrected chi connectivity index (χ3v) is 2.87. The van der Waals surface area contributed by atoms with E-state index in [2.05, 4.69) is 10.2 Å². The van der Waals surface area contributed by atoms with E-state index in [4.69, 9.17) is 5.11 Å². The Labute approximate surface area is 96.2 Å². The van der Waals surface area contributed by atoms with E-state index in [1.54, 1.807) is 6.07 Å². The topological polar surface area (TPSA) is 87.7 Å². The van der Waals surface area contributed by atoms with Crippen molar-refractivity contribution in [2.75, 3.05) is 13.7 Å². The second kappa shape index (κ2) is 6.09. The van der Waals surface area contributed by atoms with Crippen molar-refractivity contribution in [2.45, 2.75) is 6.42 Å². The number of carbonyl (C=O) groups is 2. The first kappa shape index (κ1) is 12.5. The molecule has 1 rings (SSSR count). The highest BCUT2D eigenvalue weighted by Gasteiger charge is 2.08. The van der Waals surface area contributed by atoms with Crippen molar-refractivity contribution in [3.8, 4) is 0 Å². The summed E-state index contributed by atoms with van der Waals surface area (Å²) >= 11 is 1.33. The van der Waals surface area contributed by atoms with Crippen molar-refractivity contribution in [2.24, 2.45) is 0 Å². The summed E-state index contributed by atoms with van der Waals surface area (Å²) in [6.45, 7) is 0.466. The van der Waals surface area contributed by atoms with Crippen LogP contribution in [0.1, 0.15) is 14.5 Å². The van der Waals surface area contributed by atoms with Crippen LogP contribution in [0.4, 0.5) is 4.79 Å². The average Bonchev–Trinajstić information content (AvgIpc) is 2.71. The van der Waals surface area contributed by atoms with Gasteiger partial charge in [-0.3, -0.25) is 5.43 Å². The number of carbonyl (C=O) groups excluding carboxylic acids is 1. The number of hydrogen-bond donors (Lipinski definition) is 3. The number of hydrogen-bond acceptors (Lipinski definition) is 5. The van der Waals surface area contributed by atoms with E-state index in [9.17, 15) is 9.59 Å². The van der Waals surface area contributed by atoms with Gasteiger partial charge in [0.2, 0.25) is 0 Å². The maximum atomic E-state index is 11.1. The summed E-state index contributed by atoms with van der Waals surface area (Å²) in [6.07, 6.45) is -0.483. The summed E-state index contributed by atoms with van der Waals surface area (Å²) in [4.78, 5) is 22.8. The van der Waals surface area contributed by atoms with Gasteiger partial charge in [-0.05, 0) is 18.6 Å². The van der Waals surface area contributed by atoms with Crippen molar-refractivity contribution in [1.82, 2.24) is 10.9 Å². The van der Waals surface area contributed by atoms with Gasteiger partial charge in [0, 0.05) is 11.4 Å². The van der Waals surface area contributed by atoms with Crippen LogP contribution in [0.3, 0.4) is 0 Å². The maximum Gasteiger partial charge on any atom is 0.419 e. The zero-order chi connectivity index (χ0) is 12.0. The molecule has 7 heteroatoms. The number of nitrogens with one attached hydrogen (secondary N) is 2. The Morgan fingerprint density at radius 3 is 2.88 bits per heavy atom. The molecule has 16 heavy (non-hydrogen) atoms. The molecule has 1 amide bonds. The van der Waals surface area contributed by atoms with Crippen molar-refractivity contribution in [1.29, 1.82) is 0 Å². The fraction of sp³-hybridized carbons (Fsp3) is 0.333. The van der Waals surface area contributed by atoms with Crippen molar-refractivity contribution in [3.05, 3.63) is 21.9 Å². The molecule has 0 unspecified atom stereocenters. The molecular weight excluding hydrogens is 232 g/mol. The molecule has 0 fully saturated rings. The molecule has 0 atom stereocenters. The lowest BCUT2D eigenvalue weighted by molar-refractivity contribution is 0.0606. The Kier molecular flexibility index (Phi) is 4.74. The van der Waals surface area contributed by atoms with Gasteiger partial charge in [-0.1, -0.05) is 0 Å². The number of esters is 1. The quantitative estimate of drug-likeness (QED) is 0.406. The third kappa shape index (κ3) is 3.87. The second-order valence-electron chi connectivity index (χ2n) is 2.86. The van der Waals surface area contributed by atoms with Gasteiger partial charge in [-0.25, -0.2) is 15.0 Å². The molecule has 0 bridgehead atoms. The molecule has 0 spiro atoms. The van der Waals surface area contributed by atoms with Crippen molar-refractivity contribution >= 4 is 23.4 Å². The summed E-state index contributed by atoms with van der Waals surface area (Å²) < 4.78 is 4.57. The number of ether oxygens (including phenoxy) is 1. The highest BCUT2D eigenvalue weighted by Crippen LogP contribution is 2.17. The monoisotopic (exact) mass is 244 g/mol. The fourth-order valence-electron chi connectivity index (χ4n) is 1.05. The summed E-state index contributed by atoms with van der Waals surface area (Å²) in [5.41, 5.74) is 4.56. The van der Waals surface area contributed by atoms with E-state index in [1.807, 2.05) is 11.5 Å². The molecule has 0 radical (unpaired) electrons. The molecule has 0 aliphatic rings. The molecule has 1 aromatic heterocycles. The lowest BCUT2D eigenvalue weighted by Gasteiger charge is -2.01. The predicted octanol–water partition coefficient (Wildman–Crippen LogP) is 0.849. The summed E-state index contributed by atoms with van der Waals surface area (Å²) in [6, 6.07) is 3.51. The Morgan fingerprint density at radius 1 is 1.50 bits per heavy atom. The molecule has 3 N–H and O–H groups in total. The van der Waals surface area contributed by atoms with Gasteiger partial charge < -0.3 is 9.84 Å². The molecule has 0 saturated carbocycles. The first-order chi connectivity index (χ1) is 7.63. The van der Waals surface area contributed by atoms with Crippen molar-refractivity contribution in [3.63, 3.8) is 0 Å². The predicted molar refractivity (Wildman–Crippen MR) is 58.5 cm³/mol. The van der Waals surface area contributed by atoms with Gasteiger partial charge in [-0.2, -0.15) is 0 Å². The maximum absolute atomic E-state index is 11.1. The number of hydrazine groups is 1. The molecule has 88 valence electrons. The SMILES string of the molecule is COC(=O)c1ccc(CCNNC(=O)O)s1. The van der Waals surface area contributed by atoms with Crippen LogP contribution < -0.4 is 10.9 Å². The number of methoxy groups -OCH3 is 1. The van der Waals surface area contributed by atoms with Gasteiger partial charge in [-0.15, -0.1) is 11.3 Å². The van der Waals surface area contributed by atoms with Gasteiger partial charge in [0.05, 0.1) is 7.11 Å². The molecule has 0 saturated heterocycles. The minimum absolute atomic E-state index is 0.354. The number of thiophene rings is 1. The highest BCUT2D eigenvalue weighted by molar-refractivity contribution is 7.13. The first-order valence-electron chi connectivity index (χ1n) is 4.52. The van der Waals surface area contributed by atoms with E-state index < -0.39 is 6.09 Å². The Hall–Kier alpha value is -1.60. The Morgan fingerprint density at radius 2 is 2.25 bits per heavy atom. The summed E-state index contributed by atoms with van der Waals surface area (Å²) in [5, 5.41) is 8.29. The van der Waals surface area contributed by atoms with Crippen LogP contribution in [0.15, 0.2) is 12.1 Å². The van der Waals surface area contributed by atoms with Crippen LogP contribution in [0, 0.1) is 0 Å². The van der Waals surface area contributed by atoms with Crippen LogP contribution in [-0.4, -0.2) is 30.8 Å². The van der Waals surface area contributed by atoms with E-state index in [-0.39, 0.29) is 5.97 Å². The van der Waals surface area contributed by atoms with Gasteiger partial charge in [0.15, 0.2) is 0 Å². The number of rotatable bonds is 5. The lowest BCUT2D eigenvalue weighted by Crippen LogP contribution is -2.37. The largest absolute Gasteiger partial charge is 0.465 e. The van der Waals surface area contributed by atoms with Gasteiger partial charge in [0.1, 0.15) is 4.88 Å². The Bertz CT molecular complexity index is 377. The van der Waals surface area contributed by atoms with Crippen LogP contribution >= 0.6 is 11.3 Å². The highest BCUT2D eigenvalue weighted by atomic mass is 32.1. The minimum Gasteiger partial charge on any atom is -0.465 e. The van der Waals surface area contributed by atoms with Crippen LogP contribution in [0.25, 0.3) is 0 Å². The van der Waals surface area contributed by atoms with E-state index in [0.29, 0.717) is 17.8 Å². The molecule has 0 aliphatic heterocycles. The zero-order valence-corrected chi connectivity index (χ0v) is 9.47. The van der Waals surface area contributed by atoms with Crippen molar-refractivity contribution < 1.29 is 19.4 Å². The van der Waals surface area contributed by atoms with E-state index >= 15 is 0 Å². The molecule has 0 aromatic carbocycles. The molecule has 6 nitrogen and oxygen atoms in total. The van der Waals surface area contributed by atoms with Crippen LogP contribution in [0.5, 0.6) is 0 Å². The lowest BCUT2D eigenvalue weighted by atomic mass is 10.3. The van der Waals surface area contributed by atoms with E-state index in [0.717, 1.165) is 4.88 Å². The fourth-order valence-corrected chi connectivity index (χ4v) is 1.97. The number of carboxylic acid groups (broad SMARTS) is 1. The second-order valence-corrected chi connectivity index (χ2v) is 4.03. The molecular formula is C9H12N2O4S.